The zero-order valence-corrected chi connectivity index (χ0v) is 33.6. The minimum Gasteiger partial charge on any atom is -0.507 e. The molecule has 0 aliphatic heterocycles. The lowest BCUT2D eigenvalue weighted by atomic mass is 9.69. The Balaban J connectivity index is 2.66. The van der Waals surface area contributed by atoms with Crippen molar-refractivity contribution in [3.63, 3.8) is 0 Å². The Kier molecular flexibility index (Phi) is 11.6. The van der Waals surface area contributed by atoms with E-state index in [0.717, 1.165) is 52.0 Å². The van der Waals surface area contributed by atoms with Crippen LogP contribution in [-0.4, -0.2) is 36.7 Å². The van der Waals surface area contributed by atoms with Gasteiger partial charge in [-0.3, -0.25) is 4.99 Å². The van der Waals surface area contributed by atoms with E-state index in [2.05, 4.69) is 83.1 Å². The molecule has 3 aromatic carbocycles. The van der Waals surface area contributed by atoms with Crippen molar-refractivity contribution < 1.29 is 32.9 Å². The first-order chi connectivity index (χ1) is 23.0. The number of rotatable bonds is 8. The second kappa shape index (κ2) is 14.1. The van der Waals surface area contributed by atoms with E-state index in [4.69, 9.17) is 14.5 Å². The summed E-state index contributed by atoms with van der Waals surface area (Å²) in [6.45, 7) is 29.0. The highest BCUT2D eigenvalue weighted by molar-refractivity contribution is 5.84. The van der Waals surface area contributed by atoms with E-state index in [0.29, 0.717) is 11.1 Å². The smallest absolute Gasteiger partial charge is 0.416 e. The van der Waals surface area contributed by atoms with Gasteiger partial charge in [0, 0.05) is 34.0 Å². The first-order valence-electron chi connectivity index (χ1n) is 17.6. The van der Waals surface area contributed by atoms with Crippen molar-refractivity contribution in [1.29, 1.82) is 0 Å². The van der Waals surface area contributed by atoms with Crippen LogP contribution in [0.5, 0.6) is 17.2 Å². The summed E-state index contributed by atoms with van der Waals surface area (Å²) in [6.07, 6.45) is -3.36. The molecule has 5 nitrogen and oxygen atoms in total. The monoisotopic (exact) mass is 711 g/mol. The van der Waals surface area contributed by atoms with Gasteiger partial charge in [-0.15, -0.1) is 0 Å². The van der Waals surface area contributed by atoms with Gasteiger partial charge in [-0.2, -0.15) is 13.2 Å². The molecule has 0 aromatic heterocycles. The van der Waals surface area contributed by atoms with E-state index in [9.17, 15) is 23.4 Å². The predicted molar refractivity (Wildman–Crippen MR) is 203 cm³/mol. The van der Waals surface area contributed by atoms with Gasteiger partial charge >= 0.3 is 6.18 Å². The van der Waals surface area contributed by atoms with Crippen LogP contribution >= 0.6 is 0 Å². The fraction of sp³-hybridized carbons (Fsp3) is 0.558. The molecular weight excluding hydrogens is 651 g/mol. The Hall–Kier alpha value is -3.52. The molecule has 0 aliphatic rings. The van der Waals surface area contributed by atoms with E-state index in [1.807, 2.05) is 38.1 Å². The number of methoxy groups -OCH3 is 2. The van der Waals surface area contributed by atoms with Crippen LogP contribution < -0.4 is 9.47 Å². The number of aromatic hydroxyl groups is 1. The van der Waals surface area contributed by atoms with Crippen molar-refractivity contribution in [3.05, 3.63) is 87.0 Å². The fourth-order valence-electron chi connectivity index (χ4n) is 6.63. The van der Waals surface area contributed by atoms with Crippen molar-refractivity contribution in [2.24, 2.45) is 10.9 Å². The molecule has 0 bridgehead atoms. The molecule has 282 valence electrons. The van der Waals surface area contributed by atoms with E-state index in [1.54, 1.807) is 14.2 Å². The molecule has 0 amide bonds. The number of hydrogen-bond acceptors (Lipinski definition) is 5. The van der Waals surface area contributed by atoms with Gasteiger partial charge in [-0.1, -0.05) is 96.9 Å². The molecule has 2 N–H and O–H groups in total. The molecule has 0 heterocycles. The molecule has 3 aromatic rings. The Morgan fingerprint density at radius 3 is 1.24 bits per heavy atom. The highest BCUT2D eigenvalue weighted by atomic mass is 19.4. The summed E-state index contributed by atoms with van der Waals surface area (Å²) in [6, 6.07) is 9.75. The standard InChI is InChI=1S/C43H60F3NO4/c1-25(2)37(47-24-26-19-27(43(44,45)46)17-18-34(26)48)42(49,28-20-30(38(3,4)5)35(50-15)31(21-28)39(6,7)8)29-22-32(40(9,10)11)36(51-16)33(23-29)41(12,13)14/h17-25,37,48-49H,1-16H3. The predicted octanol–water partition coefficient (Wildman–Crippen LogP) is 11.0. The van der Waals surface area contributed by atoms with Crippen molar-refractivity contribution in [3.8, 4) is 17.2 Å². The molecule has 1 unspecified atom stereocenters. The average Bonchev–Trinajstić information content (AvgIpc) is 2.97. The lowest BCUT2D eigenvalue weighted by molar-refractivity contribution is -0.137. The minimum absolute atomic E-state index is 0.0983. The van der Waals surface area contributed by atoms with Crippen LogP contribution in [0, 0.1) is 5.92 Å². The first kappa shape index (κ1) is 41.9. The number of hydrogen-bond donors (Lipinski definition) is 2. The Morgan fingerprint density at radius 2 is 0.961 bits per heavy atom. The number of phenolic OH excluding ortho intramolecular Hbond substituents is 1. The van der Waals surface area contributed by atoms with Crippen LogP contribution in [0.4, 0.5) is 13.2 Å². The SMILES string of the molecule is COc1c(C(C)(C)C)cc(C(O)(c2cc(C(C)(C)C)c(OC)c(C(C)(C)C)c2)C(N=Cc2cc(C(F)(F)F)ccc2O)C(C)C)cc1C(C)(C)C. The van der Waals surface area contributed by atoms with Crippen LogP contribution in [-0.2, 0) is 33.4 Å². The molecule has 0 radical (unpaired) electrons. The molecule has 0 aliphatic carbocycles. The Bertz CT molecular complexity index is 1590. The Labute approximate surface area is 304 Å². The quantitative estimate of drug-likeness (QED) is 0.228. The summed E-state index contributed by atoms with van der Waals surface area (Å²) in [7, 11) is 3.31. The summed E-state index contributed by atoms with van der Waals surface area (Å²) in [5.74, 6) is 0.803. The van der Waals surface area contributed by atoms with Gasteiger partial charge in [0.2, 0.25) is 0 Å². The summed E-state index contributed by atoms with van der Waals surface area (Å²) >= 11 is 0. The number of aliphatic hydroxyl groups is 1. The molecule has 3 rings (SSSR count). The lowest BCUT2D eigenvalue weighted by Gasteiger charge is -2.41. The molecule has 1 atom stereocenters. The van der Waals surface area contributed by atoms with Crippen LogP contribution in [0.25, 0.3) is 0 Å². The van der Waals surface area contributed by atoms with Gasteiger partial charge in [-0.25, -0.2) is 0 Å². The summed E-state index contributed by atoms with van der Waals surface area (Å²) in [4.78, 5) is 4.89. The van der Waals surface area contributed by atoms with Gasteiger partial charge in [0.05, 0.1) is 25.8 Å². The molecule has 0 spiro atoms. The molecular formula is C43H60F3NO4. The van der Waals surface area contributed by atoms with Crippen molar-refractivity contribution in [2.45, 2.75) is 136 Å². The minimum atomic E-state index is -4.61. The van der Waals surface area contributed by atoms with Crippen LogP contribution in [0.15, 0.2) is 47.5 Å². The third-order valence-corrected chi connectivity index (χ3v) is 9.49. The van der Waals surface area contributed by atoms with Crippen molar-refractivity contribution in [2.75, 3.05) is 14.2 Å². The summed E-state index contributed by atoms with van der Waals surface area (Å²) < 4.78 is 53.4. The molecule has 8 heteroatoms. The van der Waals surface area contributed by atoms with Crippen molar-refractivity contribution >= 4 is 6.21 Å². The highest BCUT2D eigenvalue weighted by Gasteiger charge is 2.46. The first-order valence-corrected chi connectivity index (χ1v) is 17.6. The van der Waals surface area contributed by atoms with E-state index < -0.39 is 45.0 Å². The number of ether oxygens (including phenoxy) is 2. The zero-order chi connectivity index (χ0) is 39.3. The number of phenols is 1. The topological polar surface area (TPSA) is 71.3 Å². The average molecular weight is 712 g/mol. The second-order valence-corrected chi connectivity index (χ2v) is 18.2. The van der Waals surface area contributed by atoms with Gasteiger partial charge in [0.15, 0.2) is 0 Å². The van der Waals surface area contributed by atoms with E-state index in [1.165, 1.54) is 6.21 Å². The molecule has 0 saturated heterocycles. The molecule has 51 heavy (non-hydrogen) atoms. The van der Waals surface area contributed by atoms with E-state index in [-0.39, 0.29) is 17.2 Å². The number of alkyl halides is 3. The second-order valence-electron chi connectivity index (χ2n) is 18.2. The number of benzene rings is 3. The van der Waals surface area contributed by atoms with Gasteiger partial charge in [0.1, 0.15) is 22.8 Å². The third kappa shape index (κ3) is 8.76. The van der Waals surface area contributed by atoms with Gasteiger partial charge in [-0.05, 0) is 81.2 Å². The molecule has 0 saturated carbocycles. The van der Waals surface area contributed by atoms with Crippen LogP contribution in [0.3, 0.4) is 0 Å². The Morgan fingerprint density at radius 1 is 0.608 bits per heavy atom. The maximum atomic E-state index is 13.8. The lowest BCUT2D eigenvalue weighted by Crippen LogP contribution is -2.44. The maximum absolute atomic E-state index is 13.8. The summed E-state index contributed by atoms with van der Waals surface area (Å²) in [5, 5.41) is 24.4. The highest BCUT2D eigenvalue weighted by Crippen LogP contribution is 2.49. The van der Waals surface area contributed by atoms with Crippen LogP contribution in [0.1, 0.15) is 141 Å². The van der Waals surface area contributed by atoms with Crippen molar-refractivity contribution in [1.82, 2.24) is 0 Å². The van der Waals surface area contributed by atoms with Gasteiger partial charge in [0.25, 0.3) is 0 Å². The number of nitrogens with zero attached hydrogens (tertiary/aromatic N) is 1. The largest absolute Gasteiger partial charge is 0.507 e. The number of aliphatic imine (C=N–C) groups is 1. The maximum Gasteiger partial charge on any atom is 0.416 e. The fourth-order valence-corrected chi connectivity index (χ4v) is 6.63. The number of halogens is 3. The summed E-state index contributed by atoms with van der Waals surface area (Å²) in [5.41, 5.74) is 0.344. The van der Waals surface area contributed by atoms with Gasteiger partial charge < -0.3 is 19.7 Å². The van der Waals surface area contributed by atoms with Crippen LogP contribution in [0.2, 0.25) is 0 Å². The molecule has 0 fully saturated rings. The van der Waals surface area contributed by atoms with E-state index >= 15 is 0 Å². The third-order valence-electron chi connectivity index (χ3n) is 9.49. The normalized spacial score (nSPS) is 14.4. The zero-order valence-electron chi connectivity index (χ0n) is 33.6.